The Morgan fingerprint density at radius 2 is 1.39 bits per heavy atom. The lowest BCUT2D eigenvalue weighted by molar-refractivity contribution is 0.468. The maximum Gasteiger partial charge on any atom is 0.143 e. The molecule has 0 aliphatic carbocycles. The fourth-order valence-electron chi connectivity index (χ4n) is 2.54. The first-order chi connectivity index (χ1) is 11.2. The standard InChI is InChI=1S/C18H13N3O2/c22-17-7-3-1-5-13(17)12-9-10-14-15(11-12)20-21(19-14)16-6-2-4-8-18(16)23/h1-11,22-23H. The zero-order valence-corrected chi connectivity index (χ0v) is 12.1. The fraction of sp³-hybridized carbons (Fsp3) is 0. The molecule has 4 aromatic rings. The molecule has 0 amide bonds. The van der Waals surface area contributed by atoms with Crippen molar-refractivity contribution in [2.75, 3.05) is 0 Å². The molecule has 23 heavy (non-hydrogen) atoms. The zero-order chi connectivity index (χ0) is 15.8. The van der Waals surface area contributed by atoms with Gasteiger partial charge in [0, 0.05) is 5.56 Å². The van der Waals surface area contributed by atoms with E-state index in [1.54, 1.807) is 30.3 Å². The van der Waals surface area contributed by atoms with Gasteiger partial charge in [0.1, 0.15) is 28.2 Å². The van der Waals surface area contributed by atoms with Gasteiger partial charge in [-0.3, -0.25) is 0 Å². The molecule has 0 aliphatic heterocycles. The molecule has 112 valence electrons. The van der Waals surface area contributed by atoms with E-state index < -0.39 is 0 Å². The number of fused-ring (bicyclic) bond motifs is 1. The van der Waals surface area contributed by atoms with Gasteiger partial charge >= 0.3 is 0 Å². The molecule has 1 aromatic heterocycles. The van der Waals surface area contributed by atoms with Crippen LogP contribution >= 0.6 is 0 Å². The normalized spacial score (nSPS) is 11.0. The molecule has 0 bridgehead atoms. The maximum atomic E-state index is 9.98. The van der Waals surface area contributed by atoms with Crippen molar-refractivity contribution < 1.29 is 10.2 Å². The highest BCUT2D eigenvalue weighted by Gasteiger charge is 2.10. The van der Waals surface area contributed by atoms with E-state index in [2.05, 4.69) is 10.2 Å². The Hall–Kier alpha value is -3.34. The molecule has 0 radical (unpaired) electrons. The van der Waals surface area contributed by atoms with Crippen molar-refractivity contribution in [3.8, 4) is 28.3 Å². The Labute approximate surface area is 132 Å². The van der Waals surface area contributed by atoms with Crippen LogP contribution in [0.3, 0.4) is 0 Å². The summed E-state index contributed by atoms with van der Waals surface area (Å²) in [6, 6.07) is 19.7. The lowest BCUT2D eigenvalue weighted by atomic mass is 10.0. The minimum absolute atomic E-state index is 0.119. The first-order valence-corrected chi connectivity index (χ1v) is 7.16. The Kier molecular flexibility index (Phi) is 2.98. The van der Waals surface area contributed by atoms with Crippen LogP contribution in [0, 0.1) is 0 Å². The highest BCUT2D eigenvalue weighted by Crippen LogP contribution is 2.30. The van der Waals surface area contributed by atoms with Crippen LogP contribution < -0.4 is 0 Å². The lowest BCUT2D eigenvalue weighted by Gasteiger charge is -2.03. The summed E-state index contributed by atoms with van der Waals surface area (Å²) in [6.07, 6.45) is 0. The van der Waals surface area contributed by atoms with Gasteiger partial charge in [-0.15, -0.1) is 15.0 Å². The number of hydrogen-bond donors (Lipinski definition) is 2. The summed E-state index contributed by atoms with van der Waals surface area (Å²) in [4.78, 5) is 1.41. The summed E-state index contributed by atoms with van der Waals surface area (Å²) in [7, 11) is 0. The van der Waals surface area contributed by atoms with Crippen molar-refractivity contribution in [2.24, 2.45) is 0 Å². The molecule has 0 spiro atoms. The highest BCUT2D eigenvalue weighted by molar-refractivity contribution is 5.83. The molecule has 5 heteroatoms. The molecule has 0 atom stereocenters. The predicted octanol–water partition coefficient (Wildman–Crippen LogP) is 3.50. The van der Waals surface area contributed by atoms with Crippen molar-refractivity contribution in [1.29, 1.82) is 0 Å². The number of nitrogens with zero attached hydrogens (tertiary/aromatic N) is 3. The third-order valence-electron chi connectivity index (χ3n) is 3.69. The lowest BCUT2D eigenvalue weighted by Crippen LogP contribution is -1.98. The zero-order valence-electron chi connectivity index (χ0n) is 12.1. The number of phenols is 2. The molecule has 4 rings (SSSR count). The minimum atomic E-state index is 0.119. The maximum absolute atomic E-state index is 9.98. The van der Waals surface area contributed by atoms with Crippen LogP contribution in [0.15, 0.2) is 66.7 Å². The molecule has 3 aromatic carbocycles. The number of rotatable bonds is 2. The Morgan fingerprint density at radius 3 is 2.17 bits per heavy atom. The summed E-state index contributed by atoms with van der Waals surface area (Å²) in [5, 5.41) is 28.7. The number of aromatic nitrogens is 3. The van der Waals surface area contributed by atoms with E-state index in [-0.39, 0.29) is 11.5 Å². The average molecular weight is 303 g/mol. The second-order valence-corrected chi connectivity index (χ2v) is 5.20. The summed E-state index contributed by atoms with van der Waals surface area (Å²) in [5.74, 6) is 0.341. The number of para-hydroxylation sites is 3. The Balaban J connectivity index is 1.85. The van der Waals surface area contributed by atoms with Crippen LogP contribution in [0.25, 0.3) is 27.8 Å². The third-order valence-corrected chi connectivity index (χ3v) is 3.69. The first kappa shape index (κ1) is 13.3. The summed E-state index contributed by atoms with van der Waals surface area (Å²) < 4.78 is 0. The largest absolute Gasteiger partial charge is 0.507 e. The number of hydrogen-bond acceptors (Lipinski definition) is 4. The van der Waals surface area contributed by atoms with Gasteiger partial charge in [0.2, 0.25) is 0 Å². The van der Waals surface area contributed by atoms with Crippen LogP contribution in [0.4, 0.5) is 0 Å². The van der Waals surface area contributed by atoms with Gasteiger partial charge < -0.3 is 10.2 Å². The molecule has 0 saturated heterocycles. The summed E-state index contributed by atoms with van der Waals surface area (Å²) in [5.41, 5.74) is 3.53. The van der Waals surface area contributed by atoms with Crippen LogP contribution in [0.1, 0.15) is 0 Å². The number of benzene rings is 3. The Bertz CT molecular complexity index is 965. The van der Waals surface area contributed by atoms with Gasteiger partial charge in [-0.25, -0.2) is 0 Å². The predicted molar refractivity (Wildman–Crippen MR) is 87.6 cm³/mol. The van der Waals surface area contributed by atoms with E-state index in [1.807, 2.05) is 36.4 Å². The van der Waals surface area contributed by atoms with Crippen LogP contribution in [-0.4, -0.2) is 25.2 Å². The Morgan fingerprint density at radius 1 is 0.696 bits per heavy atom. The van der Waals surface area contributed by atoms with Crippen LogP contribution in [0.2, 0.25) is 0 Å². The number of aromatic hydroxyl groups is 2. The first-order valence-electron chi connectivity index (χ1n) is 7.16. The van der Waals surface area contributed by atoms with Gasteiger partial charge in [0.15, 0.2) is 0 Å². The van der Waals surface area contributed by atoms with Crippen molar-refractivity contribution in [3.63, 3.8) is 0 Å². The summed E-state index contributed by atoms with van der Waals surface area (Å²) in [6.45, 7) is 0. The molecule has 0 aliphatic rings. The van der Waals surface area contributed by atoms with E-state index >= 15 is 0 Å². The third kappa shape index (κ3) is 2.28. The average Bonchev–Trinajstić information content (AvgIpc) is 2.98. The van der Waals surface area contributed by atoms with E-state index in [1.165, 1.54) is 4.80 Å². The number of phenolic OH excluding ortho intramolecular Hbond substituents is 2. The second kappa shape index (κ2) is 5.14. The van der Waals surface area contributed by atoms with Crippen molar-refractivity contribution >= 4 is 11.0 Å². The van der Waals surface area contributed by atoms with Crippen LogP contribution in [-0.2, 0) is 0 Å². The molecule has 5 nitrogen and oxygen atoms in total. The summed E-state index contributed by atoms with van der Waals surface area (Å²) >= 11 is 0. The van der Waals surface area contributed by atoms with Gasteiger partial charge in [0.05, 0.1) is 0 Å². The molecular formula is C18H13N3O2. The monoisotopic (exact) mass is 303 g/mol. The van der Waals surface area contributed by atoms with E-state index in [0.29, 0.717) is 16.7 Å². The van der Waals surface area contributed by atoms with Gasteiger partial charge in [0.25, 0.3) is 0 Å². The molecular weight excluding hydrogens is 290 g/mol. The quantitative estimate of drug-likeness (QED) is 0.594. The van der Waals surface area contributed by atoms with Crippen molar-refractivity contribution in [2.45, 2.75) is 0 Å². The van der Waals surface area contributed by atoms with Gasteiger partial charge in [-0.2, -0.15) is 0 Å². The topological polar surface area (TPSA) is 71.2 Å². The molecule has 0 fully saturated rings. The molecule has 1 heterocycles. The van der Waals surface area contributed by atoms with E-state index in [4.69, 9.17) is 0 Å². The highest BCUT2D eigenvalue weighted by atomic mass is 16.3. The van der Waals surface area contributed by atoms with E-state index in [9.17, 15) is 10.2 Å². The van der Waals surface area contributed by atoms with E-state index in [0.717, 1.165) is 11.1 Å². The van der Waals surface area contributed by atoms with Crippen molar-refractivity contribution in [1.82, 2.24) is 15.0 Å². The van der Waals surface area contributed by atoms with Crippen LogP contribution in [0.5, 0.6) is 11.5 Å². The van der Waals surface area contributed by atoms with Gasteiger partial charge in [-0.1, -0.05) is 36.4 Å². The molecule has 2 N–H and O–H groups in total. The minimum Gasteiger partial charge on any atom is -0.507 e. The molecule has 0 unspecified atom stereocenters. The SMILES string of the molecule is Oc1ccccc1-c1ccc2nn(-c3ccccc3O)nc2c1. The second-order valence-electron chi connectivity index (χ2n) is 5.20. The fourth-order valence-corrected chi connectivity index (χ4v) is 2.54. The molecule has 0 saturated carbocycles. The van der Waals surface area contributed by atoms with Crippen molar-refractivity contribution in [3.05, 3.63) is 66.7 Å². The smallest absolute Gasteiger partial charge is 0.143 e. The van der Waals surface area contributed by atoms with Gasteiger partial charge in [-0.05, 0) is 35.9 Å².